The number of carbonyl (C=O) groups excluding carboxylic acids is 7. The van der Waals surface area contributed by atoms with Crippen molar-refractivity contribution in [2.24, 2.45) is 0 Å². The smallest absolute Gasteiger partial charge is 0.408 e. The number of ether oxygens (including phenoxy) is 6. The highest BCUT2D eigenvalue weighted by Gasteiger charge is 2.30. The molecule has 0 spiro atoms. The van der Waals surface area contributed by atoms with Crippen molar-refractivity contribution in [1.82, 2.24) is 26.6 Å². The van der Waals surface area contributed by atoms with Crippen molar-refractivity contribution in [2.45, 2.75) is 115 Å². The van der Waals surface area contributed by atoms with Crippen LogP contribution in [0.5, 0.6) is 0 Å². The number of esters is 2. The second kappa shape index (κ2) is 30.7. The molecule has 5 N–H and O–H groups in total. The lowest BCUT2D eigenvalue weighted by atomic mass is 9.98. The molecule has 5 rings (SSSR count). The first-order valence-corrected chi connectivity index (χ1v) is 25.2. The van der Waals surface area contributed by atoms with Gasteiger partial charge in [-0.3, -0.25) is 19.2 Å². The van der Waals surface area contributed by atoms with E-state index in [1.54, 1.807) is 39.8 Å². The van der Waals surface area contributed by atoms with Gasteiger partial charge >= 0.3 is 24.1 Å². The highest BCUT2D eigenvalue weighted by molar-refractivity contribution is 5.86. The number of nitrogens with one attached hydrogen (secondary N) is 5. The lowest BCUT2D eigenvalue weighted by Gasteiger charge is -2.23. The van der Waals surface area contributed by atoms with Crippen LogP contribution in [0.25, 0.3) is 11.1 Å². The molecule has 74 heavy (non-hydrogen) atoms. The zero-order valence-electron chi connectivity index (χ0n) is 42.8. The summed E-state index contributed by atoms with van der Waals surface area (Å²) in [5.74, 6) is -2.56. The van der Waals surface area contributed by atoms with Crippen LogP contribution in [-0.4, -0.2) is 112 Å². The van der Waals surface area contributed by atoms with Gasteiger partial charge in [-0.25, -0.2) is 14.4 Å². The molecule has 3 atom stereocenters. The Labute approximate surface area is 433 Å². The van der Waals surface area contributed by atoms with Crippen molar-refractivity contribution in [2.75, 3.05) is 46.1 Å². The maximum atomic E-state index is 13.2. The number of amides is 5. The predicted octanol–water partition coefficient (Wildman–Crippen LogP) is 6.77. The summed E-state index contributed by atoms with van der Waals surface area (Å²) in [5.41, 5.74) is 5.34. The van der Waals surface area contributed by atoms with E-state index in [1.165, 1.54) is 0 Å². The number of rotatable bonds is 30. The Kier molecular flexibility index (Phi) is 23.9. The van der Waals surface area contributed by atoms with Gasteiger partial charge in [0.05, 0.1) is 19.8 Å². The van der Waals surface area contributed by atoms with E-state index in [2.05, 4.69) is 50.8 Å². The van der Waals surface area contributed by atoms with Crippen molar-refractivity contribution in [1.29, 1.82) is 0 Å². The standard InChI is InChI=1S/C56H71N5O13/c1-39(26-28-49(62)60-48(53(66)72-36-41-19-9-6-10-20-41)27-29-51(64)71-35-40-17-7-5-8-18-40)59-50(63)38-70-34-33-69-32-31-57-52(65)47(61-55(68)74-56(2,3)4)25-15-16-30-58-54(67)73-37-46-44-23-13-11-21-42(44)43-22-12-14-24-45(43)46/h5-14,17-24,39,46-48H,15-16,25-38H2,1-4H3,(H,57,65)(H,58,67)(H,59,63)(H,60,62)(H,61,68). The molecule has 3 unspecified atom stereocenters. The summed E-state index contributed by atoms with van der Waals surface area (Å²) in [4.78, 5) is 89.6. The zero-order valence-corrected chi connectivity index (χ0v) is 42.8. The molecule has 18 heteroatoms. The van der Waals surface area contributed by atoms with Crippen LogP contribution < -0.4 is 26.6 Å². The van der Waals surface area contributed by atoms with Gasteiger partial charge in [0.15, 0.2) is 0 Å². The average molecular weight is 1020 g/mol. The van der Waals surface area contributed by atoms with Gasteiger partial charge in [-0.15, -0.1) is 0 Å². The van der Waals surface area contributed by atoms with Crippen LogP contribution in [0.1, 0.15) is 101 Å². The Morgan fingerprint density at radius 2 is 1.16 bits per heavy atom. The second-order valence-corrected chi connectivity index (χ2v) is 18.8. The van der Waals surface area contributed by atoms with Crippen LogP contribution >= 0.6 is 0 Å². The number of hydrogen-bond donors (Lipinski definition) is 5. The second-order valence-electron chi connectivity index (χ2n) is 18.8. The van der Waals surface area contributed by atoms with E-state index in [4.69, 9.17) is 28.4 Å². The molecule has 1 aliphatic rings. The average Bonchev–Trinajstić information content (AvgIpc) is 3.70. The van der Waals surface area contributed by atoms with Gasteiger partial charge in [0, 0.05) is 37.9 Å². The molecule has 0 heterocycles. The van der Waals surface area contributed by atoms with Crippen molar-refractivity contribution < 1.29 is 62.0 Å². The monoisotopic (exact) mass is 1020 g/mol. The summed E-state index contributed by atoms with van der Waals surface area (Å²) >= 11 is 0. The van der Waals surface area contributed by atoms with E-state index >= 15 is 0 Å². The fraction of sp³-hybridized carbons (Fsp3) is 0.446. The molecule has 0 fully saturated rings. The van der Waals surface area contributed by atoms with Gasteiger partial charge in [0.1, 0.15) is 44.1 Å². The van der Waals surface area contributed by atoms with Gasteiger partial charge in [0.25, 0.3) is 0 Å². The van der Waals surface area contributed by atoms with E-state index in [1.807, 2.05) is 72.8 Å². The summed E-state index contributed by atoms with van der Waals surface area (Å²) in [5, 5.41) is 13.7. The summed E-state index contributed by atoms with van der Waals surface area (Å²) in [6.07, 6.45) is 0.115. The van der Waals surface area contributed by atoms with Crippen LogP contribution in [0.15, 0.2) is 109 Å². The Morgan fingerprint density at radius 3 is 1.81 bits per heavy atom. The van der Waals surface area contributed by atoms with Gasteiger partial charge in [-0.05, 0) is 93.2 Å². The maximum absolute atomic E-state index is 13.2. The molecule has 4 aromatic rings. The van der Waals surface area contributed by atoms with E-state index < -0.39 is 65.6 Å². The lowest BCUT2D eigenvalue weighted by Crippen LogP contribution is -2.48. The van der Waals surface area contributed by atoms with Crippen molar-refractivity contribution >= 4 is 41.8 Å². The Morgan fingerprint density at radius 1 is 0.554 bits per heavy atom. The molecular weight excluding hydrogens is 951 g/mol. The first kappa shape index (κ1) is 57.6. The third-order valence-electron chi connectivity index (χ3n) is 11.6. The largest absolute Gasteiger partial charge is 0.461 e. The topological polar surface area (TPSA) is 235 Å². The van der Waals surface area contributed by atoms with Crippen molar-refractivity contribution in [3.8, 4) is 11.1 Å². The highest BCUT2D eigenvalue weighted by Crippen LogP contribution is 2.44. The first-order chi connectivity index (χ1) is 35.6. The molecule has 398 valence electrons. The minimum absolute atomic E-state index is 0.00453. The van der Waals surface area contributed by atoms with Crippen LogP contribution in [0, 0.1) is 0 Å². The molecule has 0 radical (unpaired) electrons. The predicted molar refractivity (Wildman–Crippen MR) is 275 cm³/mol. The number of carbonyl (C=O) groups is 7. The van der Waals surface area contributed by atoms with Crippen LogP contribution in [0.4, 0.5) is 9.59 Å². The van der Waals surface area contributed by atoms with Crippen LogP contribution in [0.2, 0.25) is 0 Å². The van der Waals surface area contributed by atoms with Crippen molar-refractivity contribution in [3.05, 3.63) is 131 Å². The summed E-state index contributed by atoms with van der Waals surface area (Å²) < 4.78 is 32.8. The minimum atomic E-state index is -1.10. The summed E-state index contributed by atoms with van der Waals surface area (Å²) in [6.45, 7) is 7.72. The van der Waals surface area contributed by atoms with Crippen LogP contribution in [0.3, 0.4) is 0 Å². The first-order valence-electron chi connectivity index (χ1n) is 25.2. The molecule has 0 saturated carbocycles. The van der Waals surface area contributed by atoms with E-state index in [0.717, 1.165) is 33.4 Å². The number of hydrogen-bond acceptors (Lipinski definition) is 13. The molecule has 5 amide bonds. The quantitative estimate of drug-likeness (QED) is 0.0206. The number of fused-ring (bicyclic) bond motifs is 3. The molecule has 0 aliphatic heterocycles. The SMILES string of the molecule is CC(CCC(=O)NC(CCC(=O)OCc1ccccc1)C(=O)OCc1ccccc1)NC(=O)COCCOCCNC(=O)C(CCCCNC(=O)OCC1c2ccccc2-c2ccccc21)NC(=O)OC(C)(C)C. The van der Waals surface area contributed by atoms with Crippen LogP contribution in [-0.2, 0) is 65.6 Å². The summed E-state index contributed by atoms with van der Waals surface area (Å²) in [6, 6.07) is 32.1. The highest BCUT2D eigenvalue weighted by atomic mass is 16.6. The number of alkyl carbamates (subject to hydrolysis) is 2. The van der Waals surface area contributed by atoms with E-state index in [0.29, 0.717) is 19.4 Å². The number of unbranched alkanes of at least 4 members (excludes halogenated alkanes) is 1. The van der Waals surface area contributed by atoms with E-state index in [-0.39, 0.29) is 90.8 Å². The van der Waals surface area contributed by atoms with Gasteiger partial charge in [-0.2, -0.15) is 0 Å². The molecule has 0 saturated heterocycles. The molecule has 0 aromatic heterocycles. The third kappa shape index (κ3) is 21.0. The molecule has 0 bridgehead atoms. The molecule has 4 aromatic carbocycles. The minimum Gasteiger partial charge on any atom is -0.461 e. The van der Waals surface area contributed by atoms with Gasteiger partial charge in [0.2, 0.25) is 17.7 Å². The Balaban J connectivity index is 0.932. The van der Waals surface area contributed by atoms with Gasteiger partial charge in [-0.1, -0.05) is 109 Å². The lowest BCUT2D eigenvalue weighted by molar-refractivity contribution is -0.150. The fourth-order valence-electron chi connectivity index (χ4n) is 7.94. The molecule has 18 nitrogen and oxygen atoms in total. The third-order valence-corrected chi connectivity index (χ3v) is 11.6. The normalized spacial score (nSPS) is 12.9. The maximum Gasteiger partial charge on any atom is 0.408 e. The van der Waals surface area contributed by atoms with Crippen molar-refractivity contribution in [3.63, 3.8) is 0 Å². The van der Waals surface area contributed by atoms with E-state index in [9.17, 15) is 33.6 Å². The number of benzene rings is 4. The zero-order chi connectivity index (χ0) is 53.1. The molecular formula is C56H71N5O13. The molecule has 1 aliphatic carbocycles. The summed E-state index contributed by atoms with van der Waals surface area (Å²) in [7, 11) is 0. The Hall–Kier alpha value is -7.31. The van der Waals surface area contributed by atoms with Gasteiger partial charge < -0.3 is 55.0 Å². The Bertz CT molecular complexity index is 2390. The fourth-order valence-corrected chi connectivity index (χ4v) is 7.94.